The molecule has 1 heterocycles. The lowest BCUT2D eigenvalue weighted by Crippen LogP contribution is -2.32. The second-order valence-corrected chi connectivity index (χ2v) is 6.85. The Hall–Kier alpha value is -0.730. The Morgan fingerprint density at radius 1 is 1.24 bits per heavy atom. The van der Waals surface area contributed by atoms with Crippen molar-refractivity contribution in [1.82, 2.24) is 0 Å². The van der Waals surface area contributed by atoms with Crippen molar-refractivity contribution in [3.8, 4) is 5.75 Å². The van der Waals surface area contributed by atoms with E-state index in [9.17, 15) is 0 Å². The Labute approximate surface area is 132 Å². The van der Waals surface area contributed by atoms with Crippen molar-refractivity contribution < 1.29 is 9.47 Å². The normalized spacial score (nSPS) is 24.4. The van der Waals surface area contributed by atoms with Crippen LogP contribution in [0, 0.1) is 6.92 Å². The molecule has 0 aromatic heterocycles. The van der Waals surface area contributed by atoms with Crippen LogP contribution in [0.2, 0.25) is 0 Å². The lowest BCUT2D eigenvalue weighted by Gasteiger charge is -2.33. The zero-order valence-corrected chi connectivity index (χ0v) is 13.6. The maximum absolute atomic E-state index is 6.35. The predicted octanol–water partition coefficient (Wildman–Crippen LogP) is 4.99. The largest absolute Gasteiger partial charge is 0.491 e. The van der Waals surface area contributed by atoms with Gasteiger partial charge in [0.1, 0.15) is 12.4 Å². The number of halogens is 1. The van der Waals surface area contributed by atoms with Gasteiger partial charge < -0.3 is 9.47 Å². The number of aryl methyl sites for hydroxylation is 1. The Kier molecular flexibility index (Phi) is 4.75. The molecule has 0 radical (unpaired) electrons. The van der Waals surface area contributed by atoms with Crippen LogP contribution in [-0.2, 0) is 10.6 Å². The fourth-order valence-electron chi connectivity index (χ4n) is 3.71. The molecule has 0 amide bonds. The minimum absolute atomic E-state index is 0.175. The van der Waals surface area contributed by atoms with Gasteiger partial charge in [-0.1, -0.05) is 37.0 Å². The van der Waals surface area contributed by atoms with E-state index in [1.165, 1.54) is 44.1 Å². The summed E-state index contributed by atoms with van der Waals surface area (Å²) in [7, 11) is 0. The van der Waals surface area contributed by atoms with Crippen molar-refractivity contribution in [2.75, 3.05) is 6.61 Å². The van der Waals surface area contributed by atoms with E-state index in [1.807, 2.05) is 6.07 Å². The van der Waals surface area contributed by atoms with Crippen LogP contribution >= 0.6 is 11.6 Å². The molecule has 1 aromatic rings. The van der Waals surface area contributed by atoms with Gasteiger partial charge >= 0.3 is 0 Å². The van der Waals surface area contributed by atoms with Crippen molar-refractivity contribution in [3.63, 3.8) is 0 Å². The zero-order chi connectivity index (χ0) is 14.7. The molecule has 2 fully saturated rings. The van der Waals surface area contributed by atoms with Crippen molar-refractivity contribution in [3.05, 3.63) is 29.3 Å². The van der Waals surface area contributed by atoms with Crippen LogP contribution in [0.1, 0.15) is 56.1 Å². The SMILES string of the molecule is Cc1ccc(OCC2CCC3(CCCCC3)O2)c(CCl)c1. The highest BCUT2D eigenvalue weighted by molar-refractivity contribution is 6.17. The molecule has 2 nitrogen and oxygen atoms in total. The van der Waals surface area contributed by atoms with E-state index in [4.69, 9.17) is 21.1 Å². The second-order valence-electron chi connectivity index (χ2n) is 6.58. The molecule has 1 spiro atoms. The van der Waals surface area contributed by atoms with E-state index in [2.05, 4.69) is 19.1 Å². The van der Waals surface area contributed by atoms with Crippen LogP contribution in [-0.4, -0.2) is 18.3 Å². The topological polar surface area (TPSA) is 18.5 Å². The second kappa shape index (κ2) is 6.58. The molecule has 3 heteroatoms. The summed E-state index contributed by atoms with van der Waals surface area (Å²) in [6.45, 7) is 2.72. The third-order valence-electron chi connectivity index (χ3n) is 4.89. The summed E-state index contributed by atoms with van der Waals surface area (Å²) in [6, 6.07) is 6.20. The van der Waals surface area contributed by atoms with Gasteiger partial charge in [0.2, 0.25) is 0 Å². The molecule has 2 aliphatic rings. The summed E-state index contributed by atoms with van der Waals surface area (Å²) in [5.41, 5.74) is 2.47. The van der Waals surface area contributed by atoms with E-state index >= 15 is 0 Å². The Bertz CT molecular complexity index is 480. The molecule has 21 heavy (non-hydrogen) atoms. The summed E-state index contributed by atoms with van der Waals surface area (Å²) in [4.78, 5) is 0. The molecular weight excluding hydrogens is 284 g/mol. The summed E-state index contributed by atoms with van der Waals surface area (Å²) < 4.78 is 12.3. The summed E-state index contributed by atoms with van der Waals surface area (Å²) in [5, 5.41) is 0. The van der Waals surface area contributed by atoms with Gasteiger partial charge in [-0.3, -0.25) is 0 Å². The van der Waals surface area contributed by atoms with Gasteiger partial charge in [-0.25, -0.2) is 0 Å². The lowest BCUT2D eigenvalue weighted by atomic mass is 9.83. The number of alkyl halides is 1. The van der Waals surface area contributed by atoms with Gasteiger partial charge in [-0.15, -0.1) is 11.6 Å². The average Bonchev–Trinajstić information content (AvgIpc) is 2.89. The lowest BCUT2D eigenvalue weighted by molar-refractivity contribution is -0.0749. The van der Waals surface area contributed by atoms with E-state index in [0.29, 0.717) is 12.5 Å². The Balaban J connectivity index is 1.56. The number of ether oxygens (including phenoxy) is 2. The fourth-order valence-corrected chi connectivity index (χ4v) is 3.92. The third-order valence-corrected chi connectivity index (χ3v) is 5.18. The first-order chi connectivity index (χ1) is 10.2. The molecular formula is C18H25ClO2. The zero-order valence-electron chi connectivity index (χ0n) is 12.9. The third kappa shape index (κ3) is 3.54. The molecule has 1 aliphatic heterocycles. The summed E-state index contributed by atoms with van der Waals surface area (Å²) in [6.07, 6.45) is 9.06. The number of rotatable bonds is 4. The first-order valence-electron chi connectivity index (χ1n) is 8.17. The highest BCUT2D eigenvalue weighted by Crippen LogP contribution is 2.42. The smallest absolute Gasteiger partial charge is 0.123 e. The first-order valence-corrected chi connectivity index (χ1v) is 8.70. The van der Waals surface area contributed by atoms with E-state index in [-0.39, 0.29) is 11.7 Å². The van der Waals surface area contributed by atoms with Crippen LogP contribution in [0.15, 0.2) is 18.2 Å². The van der Waals surface area contributed by atoms with Crippen molar-refractivity contribution in [1.29, 1.82) is 0 Å². The standard InChI is InChI=1S/C18H25ClO2/c1-14-5-6-17(15(11-14)12-19)20-13-16-7-10-18(21-16)8-3-2-4-9-18/h5-6,11,16H,2-4,7-10,12-13H2,1H3. The minimum Gasteiger partial charge on any atom is -0.491 e. The molecule has 1 unspecified atom stereocenters. The van der Waals surface area contributed by atoms with Crippen LogP contribution in [0.5, 0.6) is 5.75 Å². The van der Waals surface area contributed by atoms with Gasteiger partial charge in [0.25, 0.3) is 0 Å². The highest BCUT2D eigenvalue weighted by Gasteiger charge is 2.40. The molecule has 1 aliphatic carbocycles. The molecule has 3 rings (SSSR count). The molecule has 1 saturated heterocycles. The van der Waals surface area contributed by atoms with Crippen molar-refractivity contribution in [2.24, 2.45) is 0 Å². The number of hydrogen-bond donors (Lipinski definition) is 0. The molecule has 1 saturated carbocycles. The number of hydrogen-bond acceptors (Lipinski definition) is 2. The van der Waals surface area contributed by atoms with E-state index in [0.717, 1.165) is 17.7 Å². The van der Waals surface area contributed by atoms with Crippen LogP contribution in [0.3, 0.4) is 0 Å². The van der Waals surface area contributed by atoms with Gasteiger partial charge in [0.15, 0.2) is 0 Å². The Morgan fingerprint density at radius 2 is 2.05 bits per heavy atom. The minimum atomic E-state index is 0.175. The van der Waals surface area contributed by atoms with Crippen LogP contribution in [0.4, 0.5) is 0 Å². The predicted molar refractivity (Wildman–Crippen MR) is 86.2 cm³/mol. The Morgan fingerprint density at radius 3 is 2.81 bits per heavy atom. The maximum atomic E-state index is 6.35. The van der Waals surface area contributed by atoms with Gasteiger partial charge in [-0.2, -0.15) is 0 Å². The van der Waals surface area contributed by atoms with Crippen molar-refractivity contribution in [2.45, 2.75) is 69.5 Å². The molecule has 1 atom stereocenters. The molecule has 1 aromatic carbocycles. The van der Waals surface area contributed by atoms with E-state index in [1.54, 1.807) is 0 Å². The first kappa shape index (κ1) is 15.2. The summed E-state index contributed by atoms with van der Waals surface area (Å²) in [5.74, 6) is 1.40. The summed E-state index contributed by atoms with van der Waals surface area (Å²) >= 11 is 6.00. The van der Waals surface area contributed by atoms with Gasteiger partial charge in [-0.05, 0) is 38.7 Å². The quantitative estimate of drug-likeness (QED) is 0.729. The molecule has 0 bridgehead atoms. The van der Waals surface area contributed by atoms with E-state index < -0.39 is 0 Å². The maximum Gasteiger partial charge on any atom is 0.123 e. The van der Waals surface area contributed by atoms with Crippen LogP contribution in [0.25, 0.3) is 0 Å². The molecule has 0 N–H and O–H groups in total. The van der Waals surface area contributed by atoms with Crippen LogP contribution < -0.4 is 4.74 Å². The van der Waals surface area contributed by atoms with Gasteiger partial charge in [0, 0.05) is 5.56 Å². The van der Waals surface area contributed by atoms with Gasteiger partial charge in [0.05, 0.1) is 17.6 Å². The van der Waals surface area contributed by atoms with Crippen molar-refractivity contribution >= 4 is 11.6 Å². The number of benzene rings is 1. The average molecular weight is 309 g/mol. The fraction of sp³-hybridized carbons (Fsp3) is 0.667. The monoisotopic (exact) mass is 308 g/mol. The highest BCUT2D eigenvalue weighted by atomic mass is 35.5. The molecule has 116 valence electrons.